The summed E-state index contributed by atoms with van der Waals surface area (Å²) < 4.78 is 1.58. The SMILES string of the molecule is CCC(=O)NCc1cnn(C)c1N. The number of aryl methyl sites for hydroxylation is 1. The smallest absolute Gasteiger partial charge is 0.219 e. The van der Waals surface area contributed by atoms with Gasteiger partial charge in [0.05, 0.1) is 6.20 Å². The second-order valence-corrected chi connectivity index (χ2v) is 2.81. The van der Waals surface area contributed by atoms with E-state index in [9.17, 15) is 4.79 Å². The Morgan fingerprint density at radius 3 is 2.92 bits per heavy atom. The van der Waals surface area contributed by atoms with Gasteiger partial charge < -0.3 is 11.1 Å². The molecule has 0 spiro atoms. The van der Waals surface area contributed by atoms with E-state index >= 15 is 0 Å². The molecule has 1 amide bonds. The molecule has 0 radical (unpaired) electrons. The zero-order valence-electron chi connectivity index (χ0n) is 7.87. The van der Waals surface area contributed by atoms with Crippen LogP contribution in [0.25, 0.3) is 0 Å². The number of anilines is 1. The van der Waals surface area contributed by atoms with Gasteiger partial charge in [-0.1, -0.05) is 6.92 Å². The second-order valence-electron chi connectivity index (χ2n) is 2.81. The molecular formula is C8H14N4O. The quantitative estimate of drug-likeness (QED) is 0.692. The third kappa shape index (κ3) is 2.21. The number of nitrogen functional groups attached to an aromatic ring is 1. The Bertz CT molecular complexity index is 305. The number of hydrogen-bond donors (Lipinski definition) is 2. The number of nitrogens with zero attached hydrogens (tertiary/aromatic N) is 2. The molecule has 1 aromatic heterocycles. The van der Waals surface area contributed by atoms with E-state index in [4.69, 9.17) is 5.73 Å². The van der Waals surface area contributed by atoms with E-state index in [-0.39, 0.29) is 5.91 Å². The summed E-state index contributed by atoms with van der Waals surface area (Å²) in [6.45, 7) is 2.26. The van der Waals surface area contributed by atoms with Crippen molar-refractivity contribution < 1.29 is 4.79 Å². The third-order valence-electron chi connectivity index (χ3n) is 1.86. The summed E-state index contributed by atoms with van der Waals surface area (Å²) in [6, 6.07) is 0. The van der Waals surface area contributed by atoms with Crippen molar-refractivity contribution in [3.05, 3.63) is 11.8 Å². The van der Waals surface area contributed by atoms with Gasteiger partial charge in [-0.15, -0.1) is 0 Å². The lowest BCUT2D eigenvalue weighted by Gasteiger charge is -2.02. The molecule has 0 aromatic carbocycles. The van der Waals surface area contributed by atoms with Crippen LogP contribution in [-0.2, 0) is 18.4 Å². The van der Waals surface area contributed by atoms with Crippen LogP contribution in [0.2, 0.25) is 0 Å². The summed E-state index contributed by atoms with van der Waals surface area (Å²) in [7, 11) is 1.76. The average molecular weight is 182 g/mol. The molecule has 3 N–H and O–H groups in total. The van der Waals surface area contributed by atoms with Crippen LogP contribution in [0, 0.1) is 0 Å². The zero-order chi connectivity index (χ0) is 9.84. The minimum atomic E-state index is 0.0169. The lowest BCUT2D eigenvalue weighted by atomic mass is 10.3. The summed E-state index contributed by atoms with van der Waals surface area (Å²) in [4.78, 5) is 10.9. The lowest BCUT2D eigenvalue weighted by Crippen LogP contribution is -2.21. The molecule has 0 fully saturated rings. The Labute approximate surface area is 76.9 Å². The molecule has 13 heavy (non-hydrogen) atoms. The monoisotopic (exact) mass is 182 g/mol. The minimum Gasteiger partial charge on any atom is -0.384 e. The molecule has 0 saturated heterocycles. The van der Waals surface area contributed by atoms with Crippen LogP contribution in [0.1, 0.15) is 18.9 Å². The van der Waals surface area contributed by atoms with Crippen molar-refractivity contribution in [1.29, 1.82) is 0 Å². The normalized spacial score (nSPS) is 10.0. The van der Waals surface area contributed by atoms with Gasteiger partial charge in [-0.05, 0) is 0 Å². The number of hydrogen-bond acceptors (Lipinski definition) is 3. The van der Waals surface area contributed by atoms with Crippen molar-refractivity contribution in [2.75, 3.05) is 5.73 Å². The Morgan fingerprint density at radius 2 is 2.46 bits per heavy atom. The first-order chi connectivity index (χ1) is 6.15. The van der Waals surface area contributed by atoms with E-state index in [0.29, 0.717) is 18.8 Å². The van der Waals surface area contributed by atoms with Gasteiger partial charge >= 0.3 is 0 Å². The highest BCUT2D eigenvalue weighted by molar-refractivity contribution is 5.75. The van der Waals surface area contributed by atoms with Crippen LogP contribution in [0.4, 0.5) is 5.82 Å². The maximum atomic E-state index is 10.9. The Balaban J connectivity index is 2.55. The minimum absolute atomic E-state index is 0.0169. The Hall–Kier alpha value is -1.52. The van der Waals surface area contributed by atoms with Crippen LogP contribution in [-0.4, -0.2) is 15.7 Å². The number of aromatic nitrogens is 2. The Morgan fingerprint density at radius 1 is 1.77 bits per heavy atom. The van der Waals surface area contributed by atoms with Crippen molar-refractivity contribution in [2.24, 2.45) is 7.05 Å². The number of rotatable bonds is 3. The molecule has 0 atom stereocenters. The summed E-state index contributed by atoms with van der Waals surface area (Å²) in [5.41, 5.74) is 6.53. The van der Waals surface area contributed by atoms with Crippen LogP contribution >= 0.6 is 0 Å². The molecular weight excluding hydrogens is 168 g/mol. The molecule has 0 aliphatic rings. The Kier molecular flexibility index (Phi) is 2.89. The van der Waals surface area contributed by atoms with Crippen LogP contribution in [0.15, 0.2) is 6.20 Å². The first kappa shape index (κ1) is 9.57. The molecule has 5 heteroatoms. The van der Waals surface area contributed by atoms with Gasteiger partial charge in [0.2, 0.25) is 5.91 Å². The van der Waals surface area contributed by atoms with Gasteiger partial charge in [0, 0.05) is 25.6 Å². The fourth-order valence-electron chi connectivity index (χ4n) is 0.947. The van der Waals surface area contributed by atoms with Crippen molar-refractivity contribution in [1.82, 2.24) is 15.1 Å². The van der Waals surface area contributed by atoms with Crippen molar-refractivity contribution in [2.45, 2.75) is 19.9 Å². The fourth-order valence-corrected chi connectivity index (χ4v) is 0.947. The predicted octanol–water partition coefficient (Wildman–Crippen LogP) is 0.0285. The molecule has 0 aliphatic carbocycles. The maximum absolute atomic E-state index is 10.9. The largest absolute Gasteiger partial charge is 0.384 e. The molecule has 72 valence electrons. The summed E-state index contributed by atoms with van der Waals surface area (Å²) in [6.07, 6.45) is 2.14. The highest BCUT2D eigenvalue weighted by atomic mass is 16.1. The summed E-state index contributed by atoms with van der Waals surface area (Å²) in [5, 5.41) is 6.69. The van der Waals surface area contributed by atoms with E-state index in [2.05, 4.69) is 10.4 Å². The molecule has 1 aromatic rings. The zero-order valence-corrected chi connectivity index (χ0v) is 7.87. The third-order valence-corrected chi connectivity index (χ3v) is 1.86. The van der Waals surface area contributed by atoms with Crippen LogP contribution in [0.3, 0.4) is 0 Å². The maximum Gasteiger partial charge on any atom is 0.219 e. The predicted molar refractivity (Wildman–Crippen MR) is 49.8 cm³/mol. The van der Waals surface area contributed by atoms with Gasteiger partial charge in [-0.25, -0.2) is 0 Å². The molecule has 0 bridgehead atoms. The van der Waals surface area contributed by atoms with Crippen LogP contribution < -0.4 is 11.1 Å². The van der Waals surface area contributed by atoms with Gasteiger partial charge in [-0.2, -0.15) is 5.10 Å². The van der Waals surface area contributed by atoms with E-state index in [0.717, 1.165) is 5.56 Å². The summed E-state index contributed by atoms with van der Waals surface area (Å²) >= 11 is 0. The van der Waals surface area contributed by atoms with E-state index in [1.165, 1.54) is 0 Å². The van der Waals surface area contributed by atoms with Crippen molar-refractivity contribution in [3.8, 4) is 0 Å². The van der Waals surface area contributed by atoms with Crippen molar-refractivity contribution >= 4 is 11.7 Å². The van der Waals surface area contributed by atoms with E-state index in [1.54, 1.807) is 17.9 Å². The molecule has 1 rings (SSSR count). The molecule has 1 heterocycles. The first-order valence-electron chi connectivity index (χ1n) is 4.18. The van der Waals surface area contributed by atoms with E-state index < -0.39 is 0 Å². The second kappa shape index (κ2) is 3.93. The number of amides is 1. The van der Waals surface area contributed by atoms with Crippen molar-refractivity contribution in [3.63, 3.8) is 0 Å². The van der Waals surface area contributed by atoms with Gasteiger partial charge in [0.25, 0.3) is 0 Å². The molecule has 0 aliphatic heterocycles. The number of nitrogens with one attached hydrogen (secondary N) is 1. The molecule has 5 nitrogen and oxygen atoms in total. The topological polar surface area (TPSA) is 72.9 Å². The van der Waals surface area contributed by atoms with Crippen LogP contribution in [0.5, 0.6) is 0 Å². The molecule has 0 unspecified atom stereocenters. The van der Waals surface area contributed by atoms with Gasteiger partial charge in [0.1, 0.15) is 5.82 Å². The standard InChI is InChI=1S/C8H14N4O/c1-3-7(13)10-4-6-5-11-12(2)8(6)9/h5H,3-4,9H2,1-2H3,(H,10,13). The molecule has 0 saturated carbocycles. The lowest BCUT2D eigenvalue weighted by molar-refractivity contribution is -0.120. The van der Waals surface area contributed by atoms with E-state index in [1.807, 2.05) is 6.92 Å². The highest BCUT2D eigenvalue weighted by Crippen LogP contribution is 2.07. The number of carbonyl (C=O) groups is 1. The first-order valence-corrected chi connectivity index (χ1v) is 4.18. The fraction of sp³-hybridized carbons (Fsp3) is 0.500. The highest BCUT2D eigenvalue weighted by Gasteiger charge is 2.04. The number of carbonyl (C=O) groups excluding carboxylic acids is 1. The van der Waals surface area contributed by atoms with Gasteiger partial charge in [-0.3, -0.25) is 9.48 Å². The number of nitrogens with two attached hydrogens (primary N) is 1. The summed E-state index contributed by atoms with van der Waals surface area (Å²) in [5.74, 6) is 0.611. The average Bonchev–Trinajstić information content (AvgIpc) is 2.44. The van der Waals surface area contributed by atoms with Gasteiger partial charge in [0.15, 0.2) is 0 Å².